The van der Waals surface area contributed by atoms with E-state index in [-0.39, 0.29) is 24.4 Å². The number of likely N-dealkylation sites (tertiary alicyclic amines) is 1. The van der Waals surface area contributed by atoms with Crippen LogP contribution in [0.4, 0.5) is 0 Å². The molecule has 0 saturated carbocycles. The second-order valence-corrected chi connectivity index (χ2v) is 5.93. The number of carbonyl (C=O) groups excluding carboxylic acids is 2. The van der Waals surface area contributed by atoms with Crippen LogP contribution in [0.1, 0.15) is 42.2 Å². The summed E-state index contributed by atoms with van der Waals surface area (Å²) in [5.41, 5.74) is 1.50. The first kappa shape index (κ1) is 17.1. The molecule has 0 aliphatic carbocycles. The lowest BCUT2D eigenvalue weighted by molar-refractivity contribution is -0.145. The molecule has 7 heteroatoms. The van der Waals surface area contributed by atoms with E-state index in [0.717, 1.165) is 12.1 Å². The molecule has 2 rings (SSSR count). The number of nitrogens with zero attached hydrogens (tertiary/aromatic N) is 2. The SMILES string of the molecule is CC(=O)N(CC(=O)O)[C@H]1CCCN(C(=O)c2cc[nH]c2C)CC1. The molecule has 0 unspecified atom stereocenters. The summed E-state index contributed by atoms with van der Waals surface area (Å²) in [6.45, 7) is 4.11. The minimum atomic E-state index is -1.01. The first-order valence-corrected chi connectivity index (χ1v) is 7.82. The molecule has 7 nitrogen and oxygen atoms in total. The van der Waals surface area contributed by atoms with E-state index in [1.807, 2.05) is 6.92 Å². The Morgan fingerprint density at radius 2 is 2.09 bits per heavy atom. The van der Waals surface area contributed by atoms with Gasteiger partial charge in [0.25, 0.3) is 5.91 Å². The van der Waals surface area contributed by atoms with Gasteiger partial charge in [0.1, 0.15) is 6.54 Å². The summed E-state index contributed by atoms with van der Waals surface area (Å²) in [5, 5.41) is 8.97. The van der Waals surface area contributed by atoms with Gasteiger partial charge < -0.3 is 19.9 Å². The largest absolute Gasteiger partial charge is 0.480 e. The maximum Gasteiger partial charge on any atom is 0.323 e. The number of aryl methyl sites for hydroxylation is 1. The first-order chi connectivity index (χ1) is 10.9. The highest BCUT2D eigenvalue weighted by Gasteiger charge is 2.28. The molecular weight excluding hydrogens is 298 g/mol. The van der Waals surface area contributed by atoms with Crippen LogP contribution in [0, 0.1) is 6.92 Å². The van der Waals surface area contributed by atoms with E-state index in [1.165, 1.54) is 11.8 Å². The van der Waals surface area contributed by atoms with Crippen molar-refractivity contribution in [1.82, 2.24) is 14.8 Å². The second kappa shape index (κ2) is 7.30. The topological polar surface area (TPSA) is 93.7 Å². The van der Waals surface area contributed by atoms with Gasteiger partial charge in [-0.3, -0.25) is 14.4 Å². The maximum absolute atomic E-state index is 12.6. The monoisotopic (exact) mass is 321 g/mol. The molecule has 0 bridgehead atoms. The lowest BCUT2D eigenvalue weighted by atomic mass is 10.1. The van der Waals surface area contributed by atoms with Gasteiger partial charge in [-0.05, 0) is 32.3 Å². The number of aliphatic carboxylic acids is 1. The smallest absolute Gasteiger partial charge is 0.323 e. The Bertz CT molecular complexity index is 596. The van der Waals surface area contributed by atoms with Crippen molar-refractivity contribution in [2.24, 2.45) is 0 Å². The van der Waals surface area contributed by atoms with Crippen molar-refractivity contribution in [3.8, 4) is 0 Å². The van der Waals surface area contributed by atoms with Crippen molar-refractivity contribution in [2.75, 3.05) is 19.6 Å². The number of carboxylic acid groups (broad SMARTS) is 1. The van der Waals surface area contributed by atoms with Gasteiger partial charge in [-0.15, -0.1) is 0 Å². The molecule has 1 aliphatic rings. The molecule has 1 aromatic heterocycles. The molecule has 0 aromatic carbocycles. The third kappa shape index (κ3) is 4.12. The van der Waals surface area contributed by atoms with Crippen LogP contribution in [0.25, 0.3) is 0 Å². The van der Waals surface area contributed by atoms with Crippen LogP contribution in [-0.4, -0.2) is 63.4 Å². The Morgan fingerprint density at radius 1 is 1.35 bits per heavy atom. The number of carboxylic acids is 1. The van der Waals surface area contributed by atoms with Crippen LogP contribution >= 0.6 is 0 Å². The number of nitrogens with one attached hydrogen (secondary N) is 1. The lowest BCUT2D eigenvalue weighted by Crippen LogP contribution is -2.43. The predicted octanol–water partition coefficient (Wildman–Crippen LogP) is 1.25. The zero-order valence-electron chi connectivity index (χ0n) is 13.5. The van der Waals surface area contributed by atoms with Gasteiger partial charge in [0.2, 0.25) is 5.91 Å². The molecule has 2 N–H and O–H groups in total. The average Bonchev–Trinajstić information content (AvgIpc) is 2.77. The molecule has 1 fully saturated rings. The number of carbonyl (C=O) groups is 3. The third-order valence-corrected chi connectivity index (χ3v) is 4.32. The van der Waals surface area contributed by atoms with E-state index in [1.54, 1.807) is 17.2 Å². The fraction of sp³-hybridized carbons (Fsp3) is 0.562. The van der Waals surface area contributed by atoms with Crippen molar-refractivity contribution in [1.29, 1.82) is 0 Å². The van der Waals surface area contributed by atoms with Crippen molar-refractivity contribution >= 4 is 17.8 Å². The van der Waals surface area contributed by atoms with E-state index in [0.29, 0.717) is 31.5 Å². The van der Waals surface area contributed by atoms with Gasteiger partial charge in [0.05, 0.1) is 5.56 Å². The standard InChI is InChI=1S/C16H23N3O4/c1-11-14(5-7-17-11)16(23)18-8-3-4-13(6-9-18)19(12(2)20)10-15(21)22/h5,7,13,17H,3-4,6,8-10H2,1-2H3,(H,21,22)/t13-/m0/s1. The molecular formula is C16H23N3O4. The van der Waals surface area contributed by atoms with Crippen LogP contribution in [0.3, 0.4) is 0 Å². The number of aromatic nitrogens is 1. The Kier molecular flexibility index (Phi) is 5.41. The van der Waals surface area contributed by atoms with Crippen LogP contribution in [-0.2, 0) is 9.59 Å². The average molecular weight is 321 g/mol. The number of aromatic amines is 1. The van der Waals surface area contributed by atoms with Gasteiger partial charge in [-0.25, -0.2) is 0 Å². The van der Waals surface area contributed by atoms with Crippen molar-refractivity contribution < 1.29 is 19.5 Å². The van der Waals surface area contributed by atoms with Gasteiger partial charge in [0, 0.05) is 37.9 Å². The molecule has 1 aliphatic heterocycles. The molecule has 1 aromatic rings. The quantitative estimate of drug-likeness (QED) is 0.873. The Morgan fingerprint density at radius 3 is 2.65 bits per heavy atom. The molecule has 0 radical (unpaired) electrons. The van der Waals surface area contributed by atoms with Crippen molar-refractivity contribution in [3.63, 3.8) is 0 Å². The fourth-order valence-electron chi connectivity index (χ4n) is 3.09. The minimum absolute atomic E-state index is 0.0167. The normalized spacial score (nSPS) is 18.3. The van der Waals surface area contributed by atoms with E-state index < -0.39 is 5.97 Å². The predicted molar refractivity (Wildman–Crippen MR) is 84.1 cm³/mol. The van der Waals surface area contributed by atoms with E-state index >= 15 is 0 Å². The van der Waals surface area contributed by atoms with E-state index in [2.05, 4.69) is 4.98 Å². The summed E-state index contributed by atoms with van der Waals surface area (Å²) in [6.07, 6.45) is 3.81. The van der Waals surface area contributed by atoms with Crippen LogP contribution in [0.5, 0.6) is 0 Å². The summed E-state index contributed by atoms with van der Waals surface area (Å²) in [5.74, 6) is -1.27. The zero-order chi connectivity index (χ0) is 17.0. The highest BCUT2D eigenvalue weighted by atomic mass is 16.4. The summed E-state index contributed by atoms with van der Waals surface area (Å²) < 4.78 is 0. The summed E-state index contributed by atoms with van der Waals surface area (Å²) in [7, 11) is 0. The van der Waals surface area contributed by atoms with Crippen molar-refractivity contribution in [3.05, 3.63) is 23.5 Å². The van der Waals surface area contributed by atoms with Gasteiger partial charge in [-0.2, -0.15) is 0 Å². The third-order valence-electron chi connectivity index (χ3n) is 4.32. The number of rotatable bonds is 4. The summed E-state index contributed by atoms with van der Waals surface area (Å²) in [4.78, 5) is 41.4. The van der Waals surface area contributed by atoms with Gasteiger partial charge in [0.15, 0.2) is 0 Å². The number of H-pyrrole nitrogens is 1. The van der Waals surface area contributed by atoms with Crippen LogP contribution in [0.15, 0.2) is 12.3 Å². The fourth-order valence-corrected chi connectivity index (χ4v) is 3.09. The van der Waals surface area contributed by atoms with Crippen LogP contribution in [0.2, 0.25) is 0 Å². The van der Waals surface area contributed by atoms with Gasteiger partial charge in [-0.1, -0.05) is 0 Å². The van der Waals surface area contributed by atoms with Crippen LogP contribution < -0.4 is 0 Å². The molecule has 2 heterocycles. The minimum Gasteiger partial charge on any atom is -0.480 e. The van der Waals surface area contributed by atoms with E-state index in [9.17, 15) is 14.4 Å². The summed E-state index contributed by atoms with van der Waals surface area (Å²) in [6, 6.07) is 1.64. The Labute approximate surface area is 135 Å². The second-order valence-electron chi connectivity index (χ2n) is 5.93. The Balaban J connectivity index is 2.04. The summed E-state index contributed by atoms with van der Waals surface area (Å²) >= 11 is 0. The number of hydrogen-bond donors (Lipinski definition) is 2. The number of hydrogen-bond acceptors (Lipinski definition) is 3. The highest BCUT2D eigenvalue weighted by Crippen LogP contribution is 2.19. The number of amides is 2. The van der Waals surface area contributed by atoms with Crippen molar-refractivity contribution in [2.45, 2.75) is 39.2 Å². The lowest BCUT2D eigenvalue weighted by Gasteiger charge is -2.28. The molecule has 1 atom stereocenters. The van der Waals surface area contributed by atoms with E-state index in [4.69, 9.17) is 5.11 Å². The molecule has 1 saturated heterocycles. The van der Waals surface area contributed by atoms with Gasteiger partial charge >= 0.3 is 5.97 Å². The Hall–Kier alpha value is -2.31. The molecule has 0 spiro atoms. The zero-order valence-corrected chi connectivity index (χ0v) is 13.5. The maximum atomic E-state index is 12.6. The highest BCUT2D eigenvalue weighted by molar-refractivity contribution is 5.95. The molecule has 2 amide bonds. The molecule has 126 valence electrons. The first-order valence-electron chi connectivity index (χ1n) is 7.82. The molecule has 23 heavy (non-hydrogen) atoms.